The van der Waals surface area contributed by atoms with Crippen LogP contribution in [0.5, 0.6) is 11.5 Å². The lowest BCUT2D eigenvalue weighted by atomic mass is 9.83. The number of hydrogen-bond acceptors (Lipinski definition) is 8. The molecular weight excluding hydrogens is 494 g/mol. The van der Waals surface area contributed by atoms with Crippen molar-refractivity contribution in [3.63, 3.8) is 0 Å². The number of hydrogen-bond donors (Lipinski definition) is 1. The second kappa shape index (κ2) is 14.3. The van der Waals surface area contributed by atoms with E-state index in [0.717, 1.165) is 102 Å². The molecule has 0 aromatic heterocycles. The number of nitrogens with one attached hydrogen (secondary N) is 1. The van der Waals surface area contributed by atoms with Gasteiger partial charge in [0.25, 0.3) is 0 Å². The second-order valence-electron chi connectivity index (χ2n) is 10.8. The molecule has 3 heterocycles. The molecule has 2 aromatic carbocycles. The van der Waals surface area contributed by atoms with Crippen molar-refractivity contribution in [3.8, 4) is 11.5 Å². The first kappa shape index (κ1) is 28.2. The van der Waals surface area contributed by atoms with Crippen LogP contribution in [0.2, 0.25) is 0 Å². The maximum absolute atomic E-state index is 6.66. The summed E-state index contributed by atoms with van der Waals surface area (Å²) in [6.45, 7) is 9.67. The number of piperidine rings is 1. The number of methoxy groups -OCH3 is 2. The highest BCUT2D eigenvalue weighted by Crippen LogP contribution is 2.35. The van der Waals surface area contributed by atoms with E-state index in [1.807, 2.05) is 0 Å². The maximum Gasteiger partial charge on any atom is 0.142 e. The lowest BCUT2D eigenvalue weighted by Gasteiger charge is -2.38. The Hall–Kier alpha value is -2.36. The Kier molecular flexibility index (Phi) is 10.3. The third-order valence-electron chi connectivity index (χ3n) is 8.26. The molecule has 0 bridgehead atoms. The third kappa shape index (κ3) is 7.64. The Labute approximate surface area is 233 Å². The van der Waals surface area contributed by atoms with E-state index in [1.165, 1.54) is 11.1 Å². The van der Waals surface area contributed by atoms with Gasteiger partial charge in [-0.2, -0.15) is 0 Å². The molecule has 5 rings (SSSR count). The van der Waals surface area contributed by atoms with Crippen LogP contribution in [-0.4, -0.2) is 97.0 Å². The number of benzene rings is 2. The Balaban J connectivity index is 1.23. The fourth-order valence-corrected chi connectivity index (χ4v) is 5.97. The van der Waals surface area contributed by atoms with E-state index in [9.17, 15) is 0 Å². The first-order valence-corrected chi connectivity index (χ1v) is 14.5. The summed E-state index contributed by atoms with van der Waals surface area (Å²) in [7, 11) is 3.48. The van der Waals surface area contributed by atoms with Crippen molar-refractivity contribution in [2.75, 3.05) is 84.8 Å². The number of ether oxygens (including phenoxy) is 5. The van der Waals surface area contributed by atoms with Crippen molar-refractivity contribution >= 4 is 5.69 Å². The molecule has 39 heavy (non-hydrogen) atoms. The van der Waals surface area contributed by atoms with Crippen LogP contribution in [0.3, 0.4) is 0 Å². The highest BCUT2D eigenvalue weighted by Gasteiger charge is 2.32. The summed E-state index contributed by atoms with van der Waals surface area (Å²) < 4.78 is 28.8. The monoisotopic (exact) mass is 539 g/mol. The smallest absolute Gasteiger partial charge is 0.142 e. The minimum atomic E-state index is 0.100. The predicted octanol–water partition coefficient (Wildman–Crippen LogP) is 3.68. The van der Waals surface area contributed by atoms with Crippen molar-refractivity contribution in [1.82, 2.24) is 10.2 Å². The van der Waals surface area contributed by atoms with Gasteiger partial charge in [0, 0.05) is 51.9 Å². The van der Waals surface area contributed by atoms with Crippen molar-refractivity contribution in [3.05, 3.63) is 53.6 Å². The summed E-state index contributed by atoms with van der Waals surface area (Å²) in [6, 6.07) is 15.5. The van der Waals surface area contributed by atoms with E-state index in [2.05, 4.69) is 57.6 Å². The lowest BCUT2D eigenvalue weighted by Crippen LogP contribution is -2.48. The lowest BCUT2D eigenvalue weighted by molar-refractivity contribution is -0.000469. The summed E-state index contributed by atoms with van der Waals surface area (Å²) in [5.41, 5.74) is 3.66. The van der Waals surface area contributed by atoms with Crippen molar-refractivity contribution in [2.24, 2.45) is 0 Å². The summed E-state index contributed by atoms with van der Waals surface area (Å²) in [6.07, 6.45) is 3.30. The van der Waals surface area contributed by atoms with Gasteiger partial charge in [0.2, 0.25) is 0 Å². The Morgan fingerprint density at radius 1 is 0.974 bits per heavy atom. The highest BCUT2D eigenvalue weighted by atomic mass is 16.5. The molecular formula is C31H45N3O5. The van der Waals surface area contributed by atoms with Crippen LogP contribution in [0.25, 0.3) is 0 Å². The normalized spacial score (nSPS) is 23.7. The van der Waals surface area contributed by atoms with E-state index in [4.69, 9.17) is 23.7 Å². The minimum Gasteiger partial charge on any atom is -0.497 e. The van der Waals surface area contributed by atoms with Gasteiger partial charge in [-0.15, -0.1) is 0 Å². The van der Waals surface area contributed by atoms with Crippen molar-refractivity contribution in [1.29, 1.82) is 0 Å². The number of nitrogens with zero attached hydrogens (tertiary/aromatic N) is 2. The minimum absolute atomic E-state index is 0.100. The second-order valence-corrected chi connectivity index (χ2v) is 10.8. The Bertz CT molecular complexity index is 1010. The number of rotatable bonds is 12. The fraction of sp³-hybridized carbons (Fsp3) is 0.613. The zero-order valence-corrected chi connectivity index (χ0v) is 23.6. The Morgan fingerprint density at radius 2 is 1.82 bits per heavy atom. The molecule has 0 aliphatic carbocycles. The molecule has 1 N–H and O–H groups in total. The van der Waals surface area contributed by atoms with Crippen LogP contribution in [0, 0.1) is 0 Å². The first-order valence-electron chi connectivity index (χ1n) is 14.5. The summed E-state index contributed by atoms with van der Waals surface area (Å²) >= 11 is 0. The van der Waals surface area contributed by atoms with Gasteiger partial charge in [-0.25, -0.2) is 0 Å². The third-order valence-corrected chi connectivity index (χ3v) is 8.26. The molecule has 0 amide bonds. The molecule has 0 spiro atoms. The molecule has 214 valence electrons. The molecule has 8 nitrogen and oxygen atoms in total. The van der Waals surface area contributed by atoms with Gasteiger partial charge in [-0.05, 0) is 61.2 Å². The molecule has 3 atom stereocenters. The van der Waals surface area contributed by atoms with Gasteiger partial charge in [0.15, 0.2) is 0 Å². The zero-order chi connectivity index (χ0) is 26.9. The zero-order valence-electron chi connectivity index (χ0n) is 23.6. The number of morpholine rings is 1. The molecule has 2 saturated heterocycles. The van der Waals surface area contributed by atoms with Crippen LogP contribution in [0.1, 0.15) is 36.3 Å². The molecule has 3 aliphatic heterocycles. The van der Waals surface area contributed by atoms with Gasteiger partial charge in [0.05, 0.1) is 45.3 Å². The molecule has 0 unspecified atom stereocenters. The van der Waals surface area contributed by atoms with E-state index < -0.39 is 0 Å². The van der Waals surface area contributed by atoms with E-state index in [0.29, 0.717) is 18.6 Å². The van der Waals surface area contributed by atoms with Gasteiger partial charge < -0.3 is 33.9 Å². The molecule has 2 fully saturated rings. The molecule has 0 saturated carbocycles. The van der Waals surface area contributed by atoms with Crippen molar-refractivity contribution < 1.29 is 23.7 Å². The fourth-order valence-electron chi connectivity index (χ4n) is 5.97. The van der Waals surface area contributed by atoms with E-state index >= 15 is 0 Å². The standard InChI is InChI=1S/C31H45N3O5/c1-35-16-3-11-34-15-19-38-30-9-4-24(20-29(30)34)23-39-31-22-32-26(10-12-33-13-17-37-18-14-33)21-28(31)25-5-7-27(36-2)8-6-25/h4-9,20,26,28,31-32H,3,10-19,21-23H2,1-2H3/t26-,28+,31-/m0/s1. The largest absolute Gasteiger partial charge is 0.497 e. The van der Waals surface area contributed by atoms with Gasteiger partial charge >= 0.3 is 0 Å². The quantitative estimate of drug-likeness (QED) is 0.410. The van der Waals surface area contributed by atoms with Crippen LogP contribution in [-0.2, 0) is 20.8 Å². The maximum atomic E-state index is 6.66. The summed E-state index contributed by atoms with van der Waals surface area (Å²) in [5, 5.41) is 3.81. The summed E-state index contributed by atoms with van der Waals surface area (Å²) in [5.74, 6) is 2.18. The van der Waals surface area contributed by atoms with Crippen LogP contribution >= 0.6 is 0 Å². The SMILES string of the molecule is COCCCN1CCOc2ccc(CO[C@H]3CN[C@@H](CCN4CCOCC4)C[C@@H]3c3ccc(OC)cc3)cc21. The average Bonchev–Trinajstić information content (AvgIpc) is 3.00. The molecule has 3 aliphatic rings. The number of fused-ring (bicyclic) bond motifs is 1. The van der Waals surface area contributed by atoms with Gasteiger partial charge in [-0.1, -0.05) is 18.2 Å². The predicted molar refractivity (Wildman–Crippen MR) is 153 cm³/mol. The molecule has 0 radical (unpaired) electrons. The average molecular weight is 540 g/mol. The molecule has 8 heteroatoms. The van der Waals surface area contributed by atoms with E-state index in [1.54, 1.807) is 14.2 Å². The van der Waals surface area contributed by atoms with Gasteiger partial charge in [-0.3, -0.25) is 4.90 Å². The van der Waals surface area contributed by atoms with Crippen molar-refractivity contribution in [2.45, 2.75) is 43.9 Å². The van der Waals surface area contributed by atoms with Crippen LogP contribution < -0.4 is 19.7 Å². The van der Waals surface area contributed by atoms with Crippen LogP contribution in [0.15, 0.2) is 42.5 Å². The topological polar surface area (TPSA) is 64.7 Å². The van der Waals surface area contributed by atoms with Gasteiger partial charge in [0.1, 0.15) is 18.1 Å². The molecule has 2 aromatic rings. The van der Waals surface area contributed by atoms with Crippen LogP contribution in [0.4, 0.5) is 5.69 Å². The Morgan fingerprint density at radius 3 is 2.62 bits per heavy atom. The van der Waals surface area contributed by atoms with E-state index in [-0.39, 0.29) is 6.10 Å². The summed E-state index contributed by atoms with van der Waals surface area (Å²) in [4.78, 5) is 4.93. The first-order chi connectivity index (χ1) is 19.2. The number of anilines is 1. The highest BCUT2D eigenvalue weighted by molar-refractivity contribution is 5.61.